The van der Waals surface area contributed by atoms with Gasteiger partial charge in [0, 0.05) is 6.54 Å². The number of benzene rings is 1. The minimum atomic E-state index is -0.720. The number of carbonyl (C=O) groups excluding carboxylic acids is 1. The maximum absolute atomic E-state index is 13.0. The average molecular weight is 292 g/mol. The maximum Gasteiger partial charge on any atom is 0.243 e. The second-order valence-corrected chi connectivity index (χ2v) is 6.04. The van der Waals surface area contributed by atoms with Crippen molar-refractivity contribution >= 4 is 5.91 Å². The van der Waals surface area contributed by atoms with Crippen molar-refractivity contribution in [2.75, 3.05) is 6.54 Å². The number of halogens is 1. The number of amides is 1. The van der Waals surface area contributed by atoms with Crippen LogP contribution in [-0.2, 0) is 4.79 Å². The summed E-state index contributed by atoms with van der Waals surface area (Å²) in [6.07, 6.45) is 4.72. The standard InChI is InChI=1S/C17H25FN2O/c1-3-20(13(2)14-7-9-15(18)10-8-14)16(21)17(19)11-5-4-6-12-17/h7-10,13H,3-6,11-12,19H2,1-2H3. The van der Waals surface area contributed by atoms with E-state index in [1.54, 1.807) is 12.1 Å². The van der Waals surface area contributed by atoms with Crippen molar-refractivity contribution in [1.82, 2.24) is 4.90 Å². The highest BCUT2D eigenvalue weighted by atomic mass is 19.1. The van der Waals surface area contributed by atoms with E-state index in [0.29, 0.717) is 6.54 Å². The highest BCUT2D eigenvalue weighted by Crippen LogP contribution is 2.31. The van der Waals surface area contributed by atoms with E-state index in [2.05, 4.69) is 0 Å². The summed E-state index contributed by atoms with van der Waals surface area (Å²) in [4.78, 5) is 14.7. The van der Waals surface area contributed by atoms with Crippen LogP contribution < -0.4 is 5.73 Å². The number of rotatable bonds is 4. The Kier molecular flexibility index (Phi) is 4.99. The van der Waals surface area contributed by atoms with E-state index < -0.39 is 5.54 Å². The number of hydrogen-bond acceptors (Lipinski definition) is 2. The van der Waals surface area contributed by atoms with Crippen molar-refractivity contribution in [3.05, 3.63) is 35.6 Å². The van der Waals surface area contributed by atoms with Crippen LogP contribution in [0.1, 0.15) is 57.6 Å². The van der Waals surface area contributed by atoms with Crippen molar-refractivity contribution in [2.24, 2.45) is 5.73 Å². The van der Waals surface area contributed by atoms with Crippen LogP contribution in [0.2, 0.25) is 0 Å². The van der Waals surface area contributed by atoms with Gasteiger partial charge in [0.05, 0.1) is 11.6 Å². The Morgan fingerprint density at radius 2 is 1.86 bits per heavy atom. The first kappa shape index (κ1) is 16.0. The summed E-state index contributed by atoms with van der Waals surface area (Å²) in [6.45, 7) is 4.54. The van der Waals surface area contributed by atoms with Crippen molar-refractivity contribution in [2.45, 2.75) is 57.5 Å². The lowest BCUT2D eigenvalue weighted by molar-refractivity contribution is -0.140. The number of carbonyl (C=O) groups is 1. The number of nitrogens with zero attached hydrogens (tertiary/aromatic N) is 1. The fourth-order valence-corrected chi connectivity index (χ4v) is 3.20. The van der Waals surface area contributed by atoms with Crippen LogP contribution in [0.25, 0.3) is 0 Å². The predicted octanol–water partition coefficient (Wildman–Crippen LogP) is 3.40. The van der Waals surface area contributed by atoms with E-state index in [9.17, 15) is 9.18 Å². The molecular formula is C17H25FN2O. The summed E-state index contributed by atoms with van der Waals surface area (Å²) < 4.78 is 13.0. The molecule has 1 aromatic rings. The van der Waals surface area contributed by atoms with E-state index in [0.717, 1.165) is 37.7 Å². The van der Waals surface area contributed by atoms with Crippen molar-refractivity contribution < 1.29 is 9.18 Å². The van der Waals surface area contributed by atoms with Gasteiger partial charge in [-0.3, -0.25) is 4.79 Å². The molecule has 1 unspecified atom stereocenters. The molecule has 1 aliphatic carbocycles. The Morgan fingerprint density at radius 1 is 1.29 bits per heavy atom. The maximum atomic E-state index is 13.0. The largest absolute Gasteiger partial charge is 0.335 e. The van der Waals surface area contributed by atoms with Crippen molar-refractivity contribution in [3.63, 3.8) is 0 Å². The molecule has 21 heavy (non-hydrogen) atoms. The SMILES string of the molecule is CCN(C(=O)C1(N)CCCCC1)C(C)c1ccc(F)cc1. The second kappa shape index (κ2) is 6.56. The molecule has 2 N–H and O–H groups in total. The van der Waals surface area contributed by atoms with Crippen LogP contribution in [0.3, 0.4) is 0 Å². The third kappa shape index (κ3) is 3.43. The van der Waals surface area contributed by atoms with E-state index in [1.165, 1.54) is 12.1 Å². The van der Waals surface area contributed by atoms with Gasteiger partial charge in [0.15, 0.2) is 0 Å². The third-order valence-electron chi connectivity index (χ3n) is 4.59. The van der Waals surface area contributed by atoms with Gasteiger partial charge in [-0.05, 0) is 44.4 Å². The Labute approximate surface area is 126 Å². The van der Waals surface area contributed by atoms with Gasteiger partial charge in [0.25, 0.3) is 0 Å². The molecule has 2 rings (SSSR count). The summed E-state index contributed by atoms with van der Waals surface area (Å²) in [7, 11) is 0. The summed E-state index contributed by atoms with van der Waals surface area (Å²) >= 11 is 0. The van der Waals surface area contributed by atoms with Crippen LogP contribution in [0.5, 0.6) is 0 Å². The van der Waals surface area contributed by atoms with Crippen LogP contribution >= 0.6 is 0 Å². The Bertz CT molecular complexity index is 480. The molecule has 0 saturated heterocycles. The fraction of sp³-hybridized carbons (Fsp3) is 0.588. The molecule has 1 saturated carbocycles. The molecule has 4 heteroatoms. The van der Waals surface area contributed by atoms with E-state index >= 15 is 0 Å². The van der Waals surface area contributed by atoms with E-state index in [1.807, 2.05) is 18.7 Å². The summed E-state index contributed by atoms with van der Waals surface area (Å²) in [5, 5.41) is 0. The lowest BCUT2D eigenvalue weighted by Crippen LogP contribution is -2.56. The van der Waals surface area contributed by atoms with Gasteiger partial charge in [-0.25, -0.2) is 4.39 Å². The van der Waals surface area contributed by atoms with E-state index in [4.69, 9.17) is 5.73 Å². The molecule has 0 aliphatic heterocycles. The molecule has 3 nitrogen and oxygen atoms in total. The minimum Gasteiger partial charge on any atom is -0.335 e. The van der Waals surface area contributed by atoms with Crippen LogP contribution in [0, 0.1) is 5.82 Å². The monoisotopic (exact) mass is 292 g/mol. The minimum absolute atomic E-state index is 0.0292. The van der Waals surface area contributed by atoms with Gasteiger partial charge < -0.3 is 10.6 Å². The Morgan fingerprint density at radius 3 is 2.38 bits per heavy atom. The van der Waals surface area contributed by atoms with Gasteiger partial charge in [0.2, 0.25) is 5.91 Å². The van der Waals surface area contributed by atoms with Crippen LogP contribution in [0.4, 0.5) is 4.39 Å². The third-order valence-corrected chi connectivity index (χ3v) is 4.59. The molecule has 1 fully saturated rings. The lowest BCUT2D eigenvalue weighted by Gasteiger charge is -2.39. The Hall–Kier alpha value is -1.42. The molecule has 0 aromatic heterocycles. The van der Waals surface area contributed by atoms with Crippen molar-refractivity contribution in [3.8, 4) is 0 Å². The molecule has 0 spiro atoms. The predicted molar refractivity (Wildman–Crippen MR) is 82.2 cm³/mol. The van der Waals surface area contributed by atoms with E-state index in [-0.39, 0.29) is 17.8 Å². The Balaban J connectivity index is 2.17. The molecule has 0 heterocycles. The zero-order valence-electron chi connectivity index (χ0n) is 12.9. The van der Waals surface area contributed by atoms with Gasteiger partial charge in [-0.1, -0.05) is 31.4 Å². The highest BCUT2D eigenvalue weighted by molar-refractivity contribution is 5.86. The summed E-state index contributed by atoms with van der Waals surface area (Å²) in [6, 6.07) is 6.25. The quantitative estimate of drug-likeness (QED) is 0.924. The van der Waals surface area contributed by atoms with Crippen LogP contribution in [-0.4, -0.2) is 22.9 Å². The molecule has 0 bridgehead atoms. The summed E-state index contributed by atoms with van der Waals surface area (Å²) in [5.74, 6) is -0.232. The molecule has 116 valence electrons. The second-order valence-electron chi connectivity index (χ2n) is 6.04. The van der Waals surface area contributed by atoms with Gasteiger partial charge in [-0.2, -0.15) is 0 Å². The number of nitrogens with two attached hydrogens (primary N) is 1. The zero-order chi connectivity index (χ0) is 15.5. The first-order chi connectivity index (χ1) is 9.98. The zero-order valence-corrected chi connectivity index (χ0v) is 12.9. The first-order valence-corrected chi connectivity index (χ1v) is 7.83. The van der Waals surface area contributed by atoms with Crippen molar-refractivity contribution in [1.29, 1.82) is 0 Å². The molecule has 1 aromatic carbocycles. The topological polar surface area (TPSA) is 46.3 Å². The van der Waals surface area contributed by atoms with Gasteiger partial charge in [0.1, 0.15) is 5.82 Å². The lowest BCUT2D eigenvalue weighted by atomic mass is 9.81. The smallest absolute Gasteiger partial charge is 0.243 e. The fourth-order valence-electron chi connectivity index (χ4n) is 3.20. The first-order valence-electron chi connectivity index (χ1n) is 7.83. The molecular weight excluding hydrogens is 267 g/mol. The molecule has 1 aliphatic rings. The average Bonchev–Trinajstić information content (AvgIpc) is 2.49. The molecule has 1 atom stereocenters. The van der Waals surface area contributed by atoms with Gasteiger partial charge >= 0.3 is 0 Å². The normalized spacial score (nSPS) is 19.0. The number of hydrogen-bond donors (Lipinski definition) is 1. The van der Waals surface area contributed by atoms with Gasteiger partial charge in [-0.15, -0.1) is 0 Å². The number of likely N-dealkylation sites (N-methyl/N-ethyl adjacent to an activating group) is 1. The highest BCUT2D eigenvalue weighted by Gasteiger charge is 2.39. The molecule has 1 amide bonds. The summed E-state index contributed by atoms with van der Waals surface area (Å²) in [5.41, 5.74) is 6.58. The van der Waals surface area contributed by atoms with Crippen LogP contribution in [0.15, 0.2) is 24.3 Å². The molecule has 0 radical (unpaired) electrons.